The topological polar surface area (TPSA) is 136 Å². The van der Waals surface area contributed by atoms with Gasteiger partial charge in [0.05, 0.1) is 51.3 Å². The average Bonchev–Trinajstić information content (AvgIpc) is 3.31. The third-order valence-corrected chi connectivity index (χ3v) is 9.87. The van der Waals surface area contributed by atoms with Crippen LogP contribution >= 0.6 is 11.8 Å². The minimum atomic E-state index is -1.08. The van der Waals surface area contributed by atoms with E-state index < -0.39 is 18.0 Å². The number of β-lactam (4-membered cyclic amide) rings is 1. The molecule has 0 bridgehead atoms. The van der Waals surface area contributed by atoms with Gasteiger partial charge in [0.25, 0.3) is 0 Å². The van der Waals surface area contributed by atoms with E-state index in [1.54, 1.807) is 23.6 Å². The standard InChI is InChI=1S/C24H37N5O5S/c1-13-12-27(24(25)34)7-9-29(13,4)8-5-6-16-10-17(11-26-16)35-21-14(2)19-18(15(3)30)22(31)28(19)20(21)23(32)33/h5-6,13-19,26,30H,7-12H2,1-4H3,(H2-,25,32,33,34)/p+1/b6-5-/t13?,14-,15-,16-,17+,18-,19-,29?/m1/s1. The van der Waals surface area contributed by atoms with Crippen LogP contribution in [-0.4, -0.2) is 112 Å². The van der Waals surface area contributed by atoms with Gasteiger partial charge in [-0.15, -0.1) is 11.8 Å². The summed E-state index contributed by atoms with van der Waals surface area (Å²) < 4.78 is 0.854. The summed E-state index contributed by atoms with van der Waals surface area (Å²) in [7, 11) is 2.21. The largest absolute Gasteiger partial charge is 0.477 e. The monoisotopic (exact) mass is 508 g/mol. The number of aliphatic hydroxyl groups is 1. The van der Waals surface area contributed by atoms with Gasteiger partial charge in [-0.25, -0.2) is 9.59 Å². The first kappa shape index (κ1) is 26.0. The van der Waals surface area contributed by atoms with E-state index in [2.05, 4.69) is 31.4 Å². The van der Waals surface area contributed by atoms with Crippen molar-refractivity contribution in [2.45, 2.75) is 56.7 Å². The van der Waals surface area contributed by atoms with Gasteiger partial charge in [-0.3, -0.25) is 4.79 Å². The molecule has 0 radical (unpaired) electrons. The second-order valence-corrected chi connectivity index (χ2v) is 12.1. The zero-order valence-corrected chi connectivity index (χ0v) is 21.7. The van der Waals surface area contributed by atoms with E-state index in [4.69, 9.17) is 5.73 Å². The predicted molar refractivity (Wildman–Crippen MR) is 133 cm³/mol. The normalized spacial score (nSPS) is 38.1. The fraction of sp³-hybridized carbons (Fsp3) is 0.708. The lowest BCUT2D eigenvalue weighted by Crippen LogP contribution is -2.64. The predicted octanol–water partition coefficient (Wildman–Crippen LogP) is 0.389. The van der Waals surface area contributed by atoms with Crippen LogP contribution in [-0.2, 0) is 9.59 Å². The summed E-state index contributed by atoms with van der Waals surface area (Å²) in [6.07, 6.45) is 4.48. The number of aliphatic carboxylic acids is 1. The molecule has 0 spiro atoms. The zero-order chi connectivity index (χ0) is 25.7. The molecular formula is C24H38N5O5S+. The summed E-state index contributed by atoms with van der Waals surface area (Å²) in [5.41, 5.74) is 5.53. The summed E-state index contributed by atoms with van der Waals surface area (Å²) in [4.78, 5) is 39.9. The van der Waals surface area contributed by atoms with Crippen molar-refractivity contribution in [2.24, 2.45) is 17.6 Å². The second-order valence-electron chi connectivity index (χ2n) is 10.7. The molecule has 4 rings (SSSR count). The Morgan fingerprint density at radius 1 is 1.37 bits per heavy atom. The minimum absolute atomic E-state index is 0.0925. The Hall–Kier alpha value is -2.08. The fourth-order valence-electron chi connectivity index (χ4n) is 5.94. The molecule has 2 unspecified atom stereocenters. The summed E-state index contributed by atoms with van der Waals surface area (Å²) in [6, 6.07) is -0.131. The van der Waals surface area contributed by atoms with E-state index in [0.29, 0.717) is 19.1 Å². The fourth-order valence-corrected chi connectivity index (χ4v) is 7.44. The van der Waals surface area contributed by atoms with Crippen LogP contribution in [0, 0.1) is 11.8 Å². The molecule has 4 aliphatic rings. The number of primary amides is 1. The number of amides is 3. The van der Waals surface area contributed by atoms with Crippen molar-refractivity contribution in [1.29, 1.82) is 0 Å². The number of carboxylic acids is 1. The number of hydrogen-bond donors (Lipinski definition) is 4. The van der Waals surface area contributed by atoms with Crippen LogP contribution in [0.5, 0.6) is 0 Å². The molecule has 0 aromatic heterocycles. The van der Waals surface area contributed by atoms with Crippen molar-refractivity contribution in [3.8, 4) is 0 Å². The van der Waals surface area contributed by atoms with E-state index in [9.17, 15) is 24.6 Å². The first-order valence-electron chi connectivity index (χ1n) is 12.4. The Morgan fingerprint density at radius 3 is 2.69 bits per heavy atom. The molecule has 0 saturated carbocycles. The number of piperazine rings is 1. The third-order valence-electron chi connectivity index (χ3n) is 8.36. The number of likely N-dealkylation sites (N-methyl/N-ethyl adjacent to an activating group) is 1. The van der Waals surface area contributed by atoms with E-state index >= 15 is 0 Å². The number of nitrogens with one attached hydrogen (secondary N) is 1. The van der Waals surface area contributed by atoms with Crippen molar-refractivity contribution in [3.63, 3.8) is 0 Å². The number of hydrogen-bond acceptors (Lipinski definition) is 6. The Kier molecular flexibility index (Phi) is 7.25. The first-order valence-corrected chi connectivity index (χ1v) is 13.3. The Labute approximate surface area is 210 Å². The number of aliphatic hydroxyl groups excluding tert-OH is 1. The molecule has 3 fully saturated rings. The number of urea groups is 1. The maximum atomic E-state index is 12.5. The van der Waals surface area contributed by atoms with Crippen LogP contribution in [0.2, 0.25) is 0 Å². The zero-order valence-electron chi connectivity index (χ0n) is 20.9. The molecule has 10 nitrogen and oxygen atoms in total. The summed E-state index contributed by atoms with van der Waals surface area (Å²) in [6.45, 7) is 9.52. The maximum Gasteiger partial charge on any atom is 0.353 e. The number of fused-ring (bicyclic) bond motifs is 1. The lowest BCUT2D eigenvalue weighted by molar-refractivity contribution is -0.930. The van der Waals surface area contributed by atoms with Crippen LogP contribution in [0.25, 0.3) is 0 Å². The van der Waals surface area contributed by atoms with Gasteiger partial charge in [-0.1, -0.05) is 13.0 Å². The highest BCUT2D eigenvalue weighted by Gasteiger charge is 2.60. The Morgan fingerprint density at radius 2 is 2.09 bits per heavy atom. The first-order chi connectivity index (χ1) is 16.4. The van der Waals surface area contributed by atoms with Crippen LogP contribution in [0.3, 0.4) is 0 Å². The highest BCUT2D eigenvalue weighted by atomic mass is 32.2. The number of quaternary nitrogens is 1. The van der Waals surface area contributed by atoms with Crippen LogP contribution < -0.4 is 11.1 Å². The molecule has 4 aliphatic heterocycles. The van der Waals surface area contributed by atoms with Crippen molar-refractivity contribution >= 4 is 29.7 Å². The van der Waals surface area contributed by atoms with E-state index in [0.717, 1.165) is 35.4 Å². The molecule has 194 valence electrons. The molecular weight excluding hydrogens is 470 g/mol. The summed E-state index contributed by atoms with van der Waals surface area (Å²) in [5, 5.41) is 23.6. The van der Waals surface area contributed by atoms with Crippen LogP contribution in [0.1, 0.15) is 27.2 Å². The van der Waals surface area contributed by atoms with Gasteiger partial charge in [0.2, 0.25) is 5.91 Å². The third kappa shape index (κ3) is 4.71. The van der Waals surface area contributed by atoms with Crippen molar-refractivity contribution in [2.75, 3.05) is 39.8 Å². The quantitative estimate of drug-likeness (QED) is 0.222. The molecule has 8 atom stereocenters. The minimum Gasteiger partial charge on any atom is -0.477 e. The second kappa shape index (κ2) is 9.76. The molecule has 0 aromatic carbocycles. The summed E-state index contributed by atoms with van der Waals surface area (Å²) in [5.74, 6) is -2.02. The van der Waals surface area contributed by atoms with Gasteiger partial charge < -0.3 is 35.5 Å². The molecule has 0 aliphatic carbocycles. The van der Waals surface area contributed by atoms with Gasteiger partial charge >= 0.3 is 12.0 Å². The van der Waals surface area contributed by atoms with Crippen molar-refractivity contribution in [1.82, 2.24) is 15.1 Å². The molecule has 11 heteroatoms. The molecule has 3 saturated heterocycles. The van der Waals surface area contributed by atoms with Gasteiger partial charge in [-0.05, 0) is 26.3 Å². The summed E-state index contributed by atoms with van der Waals surface area (Å²) >= 11 is 1.56. The number of thioether (sulfide) groups is 1. The van der Waals surface area contributed by atoms with Crippen LogP contribution in [0.15, 0.2) is 22.8 Å². The molecule has 35 heavy (non-hydrogen) atoms. The average molecular weight is 509 g/mol. The van der Waals surface area contributed by atoms with Gasteiger partial charge in [0, 0.05) is 28.7 Å². The van der Waals surface area contributed by atoms with Gasteiger partial charge in [-0.2, -0.15) is 0 Å². The van der Waals surface area contributed by atoms with Crippen molar-refractivity contribution < 1.29 is 29.1 Å². The number of nitrogens with two attached hydrogens (primary N) is 1. The van der Waals surface area contributed by atoms with E-state index in [1.807, 2.05) is 6.92 Å². The molecule has 0 aromatic rings. The Bertz CT molecular complexity index is 955. The SMILES string of the molecule is CC1CN(C(N)=O)CC[N+]1(C)C/C=C\[C@@H]1C[C@H](SC2=C(C(=O)O)N3C(=O)[C@H]([C@@H](C)O)[C@H]3[C@H]2C)CN1. The van der Waals surface area contributed by atoms with Crippen LogP contribution in [0.4, 0.5) is 4.79 Å². The van der Waals surface area contributed by atoms with Gasteiger partial charge in [0.15, 0.2) is 0 Å². The molecule has 3 amide bonds. The van der Waals surface area contributed by atoms with Gasteiger partial charge in [0.1, 0.15) is 11.7 Å². The Balaban J connectivity index is 1.35. The van der Waals surface area contributed by atoms with E-state index in [1.165, 1.54) is 4.90 Å². The highest BCUT2D eigenvalue weighted by Crippen LogP contribution is 2.51. The van der Waals surface area contributed by atoms with E-state index in [-0.39, 0.29) is 40.9 Å². The maximum absolute atomic E-state index is 12.5. The number of rotatable bonds is 7. The van der Waals surface area contributed by atoms with Crippen molar-refractivity contribution in [3.05, 3.63) is 22.8 Å². The number of nitrogens with zero attached hydrogens (tertiary/aromatic N) is 3. The molecule has 5 N–H and O–H groups in total. The smallest absolute Gasteiger partial charge is 0.353 e. The number of carbonyl (C=O) groups excluding carboxylic acids is 2. The molecule has 4 heterocycles. The highest BCUT2D eigenvalue weighted by molar-refractivity contribution is 8.03. The lowest BCUT2D eigenvalue weighted by Gasteiger charge is -2.46. The number of carboxylic acid groups (broad SMARTS) is 1. The number of carbonyl (C=O) groups is 3. The lowest BCUT2D eigenvalue weighted by atomic mass is 9.79.